The molecule has 0 saturated carbocycles. The molecule has 0 saturated heterocycles. The molecule has 0 aromatic heterocycles. The van der Waals surface area contributed by atoms with Crippen molar-refractivity contribution in [1.82, 2.24) is 0 Å². The summed E-state index contributed by atoms with van der Waals surface area (Å²) < 4.78 is 37.1. The highest BCUT2D eigenvalue weighted by Gasteiger charge is 2.16. The minimum atomic E-state index is -4.28. The van der Waals surface area contributed by atoms with E-state index in [1.807, 2.05) is 37.3 Å². The summed E-state index contributed by atoms with van der Waals surface area (Å²) >= 11 is 0. The molecule has 0 radical (unpaired) electrons. The predicted molar refractivity (Wildman–Crippen MR) is 71.8 cm³/mol. The average molecular weight is 278 g/mol. The van der Waals surface area contributed by atoms with Crippen LogP contribution in [0.15, 0.2) is 53.4 Å². The molecule has 0 heterocycles. The fourth-order valence-corrected chi connectivity index (χ4v) is 2.29. The van der Waals surface area contributed by atoms with Crippen LogP contribution in [0.25, 0.3) is 0 Å². The monoisotopic (exact) mass is 278 g/mol. The Morgan fingerprint density at radius 2 is 1.79 bits per heavy atom. The SMILES string of the molecule is Cc1ccc(S(=O)(=O)O)c(OCc2ccccc2)c1. The van der Waals surface area contributed by atoms with Gasteiger partial charge in [-0.1, -0.05) is 36.4 Å². The molecule has 0 fully saturated rings. The second-order valence-corrected chi connectivity index (χ2v) is 5.59. The molecule has 0 aliphatic carbocycles. The van der Waals surface area contributed by atoms with Gasteiger partial charge in [0, 0.05) is 0 Å². The highest BCUT2D eigenvalue weighted by atomic mass is 32.2. The van der Waals surface area contributed by atoms with E-state index in [0.717, 1.165) is 11.1 Å². The second-order valence-electron chi connectivity index (χ2n) is 4.20. The summed E-state index contributed by atoms with van der Waals surface area (Å²) in [6, 6.07) is 13.9. The van der Waals surface area contributed by atoms with E-state index in [0.29, 0.717) is 0 Å². The lowest BCUT2D eigenvalue weighted by Gasteiger charge is -2.10. The van der Waals surface area contributed by atoms with Crippen LogP contribution in [0, 0.1) is 6.92 Å². The molecule has 1 N–H and O–H groups in total. The summed E-state index contributed by atoms with van der Waals surface area (Å²) in [7, 11) is -4.28. The van der Waals surface area contributed by atoms with Crippen molar-refractivity contribution >= 4 is 10.1 Å². The van der Waals surface area contributed by atoms with Crippen LogP contribution in [-0.4, -0.2) is 13.0 Å². The first-order chi connectivity index (χ1) is 8.97. The van der Waals surface area contributed by atoms with Crippen LogP contribution in [0.1, 0.15) is 11.1 Å². The van der Waals surface area contributed by atoms with Gasteiger partial charge in [0.2, 0.25) is 0 Å². The standard InChI is InChI=1S/C14H14O4S/c1-11-7-8-14(19(15,16)17)13(9-11)18-10-12-5-3-2-4-6-12/h2-9H,10H2,1H3,(H,15,16,17). The van der Waals surface area contributed by atoms with E-state index < -0.39 is 10.1 Å². The Balaban J connectivity index is 2.27. The molecule has 0 amide bonds. The van der Waals surface area contributed by atoms with Gasteiger partial charge >= 0.3 is 0 Å². The minimum Gasteiger partial charge on any atom is -0.487 e. The summed E-state index contributed by atoms with van der Waals surface area (Å²) in [5.74, 6) is 0.159. The van der Waals surface area contributed by atoms with Crippen LogP contribution in [0.3, 0.4) is 0 Å². The Morgan fingerprint density at radius 3 is 2.42 bits per heavy atom. The van der Waals surface area contributed by atoms with Gasteiger partial charge < -0.3 is 4.74 Å². The van der Waals surface area contributed by atoms with Gasteiger partial charge in [-0.3, -0.25) is 4.55 Å². The first-order valence-corrected chi connectivity index (χ1v) is 7.16. The molecule has 100 valence electrons. The second kappa shape index (κ2) is 5.42. The Labute approximate surface area is 112 Å². The van der Waals surface area contributed by atoms with Crippen LogP contribution >= 0.6 is 0 Å². The number of aryl methyl sites for hydroxylation is 1. The van der Waals surface area contributed by atoms with Crippen molar-refractivity contribution < 1.29 is 17.7 Å². The number of benzene rings is 2. The van der Waals surface area contributed by atoms with Gasteiger partial charge in [0.05, 0.1) is 0 Å². The molecule has 2 rings (SSSR count). The van der Waals surface area contributed by atoms with E-state index in [9.17, 15) is 8.42 Å². The van der Waals surface area contributed by atoms with E-state index in [4.69, 9.17) is 9.29 Å². The summed E-state index contributed by atoms with van der Waals surface area (Å²) in [6.45, 7) is 2.07. The van der Waals surface area contributed by atoms with Crippen molar-refractivity contribution in [2.75, 3.05) is 0 Å². The first-order valence-electron chi connectivity index (χ1n) is 5.72. The zero-order valence-corrected chi connectivity index (χ0v) is 11.2. The predicted octanol–water partition coefficient (Wildman–Crippen LogP) is 2.82. The van der Waals surface area contributed by atoms with Crippen molar-refractivity contribution in [3.63, 3.8) is 0 Å². The number of ether oxygens (including phenoxy) is 1. The molecule has 2 aromatic rings. The molecule has 0 aliphatic heterocycles. The van der Waals surface area contributed by atoms with E-state index >= 15 is 0 Å². The Kier molecular flexibility index (Phi) is 3.87. The lowest BCUT2D eigenvalue weighted by molar-refractivity contribution is 0.296. The summed E-state index contributed by atoms with van der Waals surface area (Å²) in [5.41, 5.74) is 1.78. The van der Waals surface area contributed by atoms with Crippen LogP contribution < -0.4 is 4.74 Å². The number of hydrogen-bond acceptors (Lipinski definition) is 3. The maximum atomic E-state index is 11.3. The summed E-state index contributed by atoms with van der Waals surface area (Å²) in [4.78, 5) is -0.214. The molecule has 5 heteroatoms. The highest BCUT2D eigenvalue weighted by Crippen LogP contribution is 2.25. The highest BCUT2D eigenvalue weighted by molar-refractivity contribution is 7.86. The zero-order valence-electron chi connectivity index (χ0n) is 10.4. The van der Waals surface area contributed by atoms with Gasteiger partial charge in [-0.05, 0) is 30.2 Å². The first kappa shape index (κ1) is 13.6. The molecule has 19 heavy (non-hydrogen) atoms. The van der Waals surface area contributed by atoms with Gasteiger partial charge in [0.15, 0.2) is 0 Å². The molecule has 0 bridgehead atoms. The maximum Gasteiger partial charge on any atom is 0.298 e. The molecule has 0 spiro atoms. The Morgan fingerprint density at radius 1 is 1.11 bits per heavy atom. The van der Waals surface area contributed by atoms with Crippen molar-refractivity contribution in [2.24, 2.45) is 0 Å². The number of rotatable bonds is 4. The lowest BCUT2D eigenvalue weighted by atomic mass is 10.2. The average Bonchev–Trinajstić information content (AvgIpc) is 2.36. The van der Waals surface area contributed by atoms with Crippen molar-refractivity contribution in [3.8, 4) is 5.75 Å². The maximum absolute atomic E-state index is 11.3. The molecule has 2 aromatic carbocycles. The molecule has 0 unspecified atom stereocenters. The fraction of sp³-hybridized carbons (Fsp3) is 0.143. The van der Waals surface area contributed by atoms with Crippen LogP contribution in [0.5, 0.6) is 5.75 Å². The topological polar surface area (TPSA) is 63.6 Å². The van der Waals surface area contributed by atoms with E-state index in [-0.39, 0.29) is 17.3 Å². The van der Waals surface area contributed by atoms with E-state index in [1.54, 1.807) is 12.1 Å². The smallest absolute Gasteiger partial charge is 0.298 e. The third kappa shape index (κ3) is 3.56. The third-order valence-electron chi connectivity index (χ3n) is 2.61. The van der Waals surface area contributed by atoms with E-state index in [1.165, 1.54) is 6.07 Å². The van der Waals surface area contributed by atoms with Crippen LogP contribution in [0.2, 0.25) is 0 Å². The van der Waals surface area contributed by atoms with Gasteiger partial charge in [-0.25, -0.2) is 0 Å². The molecule has 0 atom stereocenters. The van der Waals surface area contributed by atoms with Gasteiger partial charge in [0.1, 0.15) is 17.3 Å². The quantitative estimate of drug-likeness (QED) is 0.873. The Hall–Kier alpha value is -1.85. The summed E-state index contributed by atoms with van der Waals surface area (Å²) in [6.07, 6.45) is 0. The van der Waals surface area contributed by atoms with Crippen LogP contribution in [-0.2, 0) is 16.7 Å². The fourth-order valence-electron chi connectivity index (χ4n) is 1.68. The minimum absolute atomic E-state index is 0.159. The Bertz CT molecular complexity index is 663. The molecule has 4 nitrogen and oxygen atoms in total. The van der Waals surface area contributed by atoms with Crippen molar-refractivity contribution in [3.05, 3.63) is 59.7 Å². The molecular formula is C14H14O4S. The zero-order chi connectivity index (χ0) is 13.9. The van der Waals surface area contributed by atoms with Gasteiger partial charge in [-0.15, -0.1) is 0 Å². The van der Waals surface area contributed by atoms with Gasteiger partial charge in [-0.2, -0.15) is 8.42 Å². The summed E-state index contributed by atoms with van der Waals surface area (Å²) in [5, 5.41) is 0. The largest absolute Gasteiger partial charge is 0.487 e. The van der Waals surface area contributed by atoms with Crippen molar-refractivity contribution in [1.29, 1.82) is 0 Å². The molecule has 0 aliphatic rings. The lowest BCUT2D eigenvalue weighted by Crippen LogP contribution is -2.04. The normalized spacial score (nSPS) is 11.3. The molecular weight excluding hydrogens is 264 g/mol. The van der Waals surface area contributed by atoms with Crippen LogP contribution in [0.4, 0.5) is 0 Å². The van der Waals surface area contributed by atoms with E-state index in [2.05, 4.69) is 0 Å². The van der Waals surface area contributed by atoms with Gasteiger partial charge in [0.25, 0.3) is 10.1 Å². The number of hydrogen-bond donors (Lipinski definition) is 1. The third-order valence-corrected chi connectivity index (χ3v) is 3.51. The van der Waals surface area contributed by atoms with Crippen molar-refractivity contribution in [2.45, 2.75) is 18.4 Å².